The van der Waals surface area contributed by atoms with Gasteiger partial charge in [0, 0.05) is 24.0 Å². The molecule has 2 N–H and O–H groups in total. The highest BCUT2D eigenvalue weighted by molar-refractivity contribution is 7.89. The molecule has 0 spiro atoms. The summed E-state index contributed by atoms with van der Waals surface area (Å²) >= 11 is 1.49. The fourth-order valence-corrected chi connectivity index (χ4v) is 4.99. The van der Waals surface area contributed by atoms with E-state index in [2.05, 4.69) is 4.98 Å². The summed E-state index contributed by atoms with van der Waals surface area (Å²) < 4.78 is 26.8. The first-order chi connectivity index (χ1) is 10.9. The standard InChI is InChI=1S/C13H14N4O4S2/c14-7-13-15-9-8-16(6-5-11(9)22-13)23(20,21)12-4-2-1-3-10(12)17(18)19/h1-4H,5-8,14H2. The topological polar surface area (TPSA) is 119 Å². The molecule has 0 radical (unpaired) electrons. The van der Waals surface area contributed by atoms with Gasteiger partial charge in [-0.25, -0.2) is 13.4 Å². The van der Waals surface area contributed by atoms with E-state index in [1.807, 2.05) is 0 Å². The van der Waals surface area contributed by atoms with Gasteiger partial charge in [0.2, 0.25) is 10.0 Å². The van der Waals surface area contributed by atoms with Crippen LogP contribution in [-0.2, 0) is 29.5 Å². The van der Waals surface area contributed by atoms with E-state index in [0.29, 0.717) is 18.7 Å². The van der Waals surface area contributed by atoms with Crippen LogP contribution in [0.1, 0.15) is 15.6 Å². The number of nitro groups is 1. The maximum Gasteiger partial charge on any atom is 0.289 e. The zero-order valence-electron chi connectivity index (χ0n) is 12.0. The molecule has 23 heavy (non-hydrogen) atoms. The van der Waals surface area contributed by atoms with Gasteiger partial charge in [0.05, 0.1) is 17.2 Å². The molecule has 122 valence electrons. The Morgan fingerprint density at radius 3 is 2.83 bits per heavy atom. The van der Waals surface area contributed by atoms with Gasteiger partial charge >= 0.3 is 0 Å². The number of thiazole rings is 1. The van der Waals surface area contributed by atoms with Crippen molar-refractivity contribution in [2.45, 2.75) is 24.4 Å². The van der Waals surface area contributed by atoms with E-state index < -0.39 is 20.6 Å². The molecule has 3 rings (SSSR count). The maximum absolute atomic E-state index is 12.8. The van der Waals surface area contributed by atoms with Crippen molar-refractivity contribution in [3.63, 3.8) is 0 Å². The van der Waals surface area contributed by atoms with Crippen LogP contribution in [0, 0.1) is 10.1 Å². The molecule has 1 aliphatic heterocycles. The fraction of sp³-hybridized carbons (Fsp3) is 0.308. The summed E-state index contributed by atoms with van der Waals surface area (Å²) in [4.78, 5) is 15.5. The van der Waals surface area contributed by atoms with Crippen molar-refractivity contribution < 1.29 is 13.3 Å². The van der Waals surface area contributed by atoms with Gasteiger partial charge < -0.3 is 5.73 Å². The van der Waals surface area contributed by atoms with Gasteiger partial charge in [0.25, 0.3) is 5.69 Å². The summed E-state index contributed by atoms with van der Waals surface area (Å²) in [6.07, 6.45) is 0.535. The Morgan fingerprint density at radius 2 is 2.13 bits per heavy atom. The van der Waals surface area contributed by atoms with Crippen molar-refractivity contribution in [2.24, 2.45) is 5.73 Å². The molecule has 1 aromatic carbocycles. The van der Waals surface area contributed by atoms with E-state index in [4.69, 9.17) is 5.73 Å². The van der Waals surface area contributed by atoms with Gasteiger partial charge in [0.15, 0.2) is 4.90 Å². The minimum atomic E-state index is -3.95. The second-order valence-electron chi connectivity index (χ2n) is 5.00. The fourth-order valence-electron chi connectivity index (χ4n) is 2.49. The maximum atomic E-state index is 12.8. The number of fused-ring (bicyclic) bond motifs is 1. The number of hydrogen-bond acceptors (Lipinski definition) is 7. The van der Waals surface area contributed by atoms with E-state index in [1.165, 1.54) is 39.9 Å². The van der Waals surface area contributed by atoms with Gasteiger partial charge in [-0.2, -0.15) is 4.31 Å². The monoisotopic (exact) mass is 354 g/mol. The predicted octanol–water partition coefficient (Wildman–Crippen LogP) is 1.26. The highest BCUT2D eigenvalue weighted by atomic mass is 32.2. The van der Waals surface area contributed by atoms with E-state index in [-0.39, 0.29) is 18.0 Å². The molecule has 0 unspecified atom stereocenters. The first-order valence-corrected chi connectivity index (χ1v) is 9.10. The average molecular weight is 354 g/mol. The third-order valence-corrected chi connectivity index (χ3v) is 6.66. The number of aromatic nitrogens is 1. The summed E-state index contributed by atoms with van der Waals surface area (Å²) in [5.41, 5.74) is 5.83. The molecular formula is C13H14N4O4S2. The third-order valence-electron chi connectivity index (χ3n) is 3.59. The lowest BCUT2D eigenvalue weighted by molar-refractivity contribution is -0.387. The SMILES string of the molecule is NCc1nc2c(s1)CCN(S(=O)(=O)c1ccccc1[N+](=O)[O-])C2. The van der Waals surface area contributed by atoms with Crippen LogP contribution in [0.15, 0.2) is 29.2 Å². The highest BCUT2D eigenvalue weighted by Gasteiger charge is 2.34. The van der Waals surface area contributed by atoms with Crippen LogP contribution in [0.4, 0.5) is 5.69 Å². The Kier molecular flexibility index (Phi) is 4.15. The van der Waals surface area contributed by atoms with Crippen LogP contribution in [0.25, 0.3) is 0 Å². The Bertz CT molecular complexity index is 863. The molecule has 2 aromatic rings. The first kappa shape index (κ1) is 16.0. The zero-order chi connectivity index (χ0) is 16.6. The van der Waals surface area contributed by atoms with E-state index in [0.717, 1.165) is 9.88 Å². The molecule has 0 saturated carbocycles. The molecule has 0 amide bonds. The molecule has 0 saturated heterocycles. The largest absolute Gasteiger partial charge is 0.325 e. The van der Waals surface area contributed by atoms with Crippen LogP contribution in [0.2, 0.25) is 0 Å². The smallest absolute Gasteiger partial charge is 0.289 e. The third kappa shape index (κ3) is 2.85. The molecule has 1 aliphatic rings. The Balaban J connectivity index is 1.97. The molecule has 0 bridgehead atoms. The molecule has 10 heteroatoms. The average Bonchev–Trinajstić information content (AvgIpc) is 2.97. The molecule has 8 nitrogen and oxygen atoms in total. The van der Waals surface area contributed by atoms with Gasteiger partial charge in [-0.1, -0.05) is 12.1 Å². The van der Waals surface area contributed by atoms with Crippen LogP contribution < -0.4 is 5.73 Å². The second kappa shape index (κ2) is 5.96. The Hall–Kier alpha value is -1.88. The Labute approximate surface area is 136 Å². The summed E-state index contributed by atoms with van der Waals surface area (Å²) in [6, 6.07) is 5.37. The van der Waals surface area contributed by atoms with Crippen molar-refractivity contribution in [1.82, 2.24) is 9.29 Å². The van der Waals surface area contributed by atoms with Crippen molar-refractivity contribution in [3.8, 4) is 0 Å². The summed E-state index contributed by atoms with van der Waals surface area (Å²) in [7, 11) is -3.95. The molecular weight excluding hydrogens is 340 g/mol. The van der Waals surface area contributed by atoms with Crippen molar-refractivity contribution >= 4 is 27.0 Å². The lowest BCUT2D eigenvalue weighted by atomic mass is 10.2. The van der Waals surface area contributed by atoms with Gasteiger partial charge in [-0.05, 0) is 12.5 Å². The minimum absolute atomic E-state index is 0.111. The summed E-state index contributed by atoms with van der Waals surface area (Å²) in [6.45, 7) is 0.697. The minimum Gasteiger partial charge on any atom is -0.325 e. The van der Waals surface area contributed by atoms with Crippen LogP contribution >= 0.6 is 11.3 Å². The number of nitrogens with two attached hydrogens (primary N) is 1. The Morgan fingerprint density at radius 1 is 1.39 bits per heavy atom. The summed E-state index contributed by atoms with van der Waals surface area (Å²) in [5.74, 6) is 0. The first-order valence-electron chi connectivity index (χ1n) is 6.84. The van der Waals surface area contributed by atoms with Crippen molar-refractivity contribution in [3.05, 3.63) is 50.0 Å². The number of nitrogens with zero attached hydrogens (tertiary/aromatic N) is 3. The molecule has 1 aromatic heterocycles. The number of nitro benzene ring substituents is 1. The van der Waals surface area contributed by atoms with Crippen LogP contribution in [0.5, 0.6) is 0 Å². The molecule has 2 heterocycles. The van der Waals surface area contributed by atoms with E-state index in [1.54, 1.807) is 0 Å². The number of para-hydroxylation sites is 1. The van der Waals surface area contributed by atoms with E-state index >= 15 is 0 Å². The van der Waals surface area contributed by atoms with Crippen LogP contribution in [-0.4, -0.2) is 29.2 Å². The molecule has 0 aliphatic carbocycles. The summed E-state index contributed by atoms with van der Waals surface area (Å²) in [5, 5.41) is 11.9. The number of sulfonamides is 1. The second-order valence-corrected chi connectivity index (χ2v) is 8.07. The molecule has 0 fully saturated rings. The predicted molar refractivity (Wildman–Crippen MR) is 84.4 cm³/mol. The normalized spacial score (nSPS) is 15.3. The zero-order valence-corrected chi connectivity index (χ0v) is 13.6. The number of rotatable bonds is 4. The lowest BCUT2D eigenvalue weighted by Crippen LogP contribution is -2.36. The lowest BCUT2D eigenvalue weighted by Gasteiger charge is -2.25. The molecule has 0 atom stereocenters. The van der Waals surface area contributed by atoms with Crippen molar-refractivity contribution in [1.29, 1.82) is 0 Å². The number of hydrogen-bond donors (Lipinski definition) is 1. The van der Waals surface area contributed by atoms with Gasteiger partial charge in [-0.15, -0.1) is 11.3 Å². The van der Waals surface area contributed by atoms with E-state index in [9.17, 15) is 18.5 Å². The number of benzene rings is 1. The van der Waals surface area contributed by atoms with Gasteiger partial charge in [-0.3, -0.25) is 10.1 Å². The van der Waals surface area contributed by atoms with Gasteiger partial charge in [0.1, 0.15) is 5.01 Å². The highest BCUT2D eigenvalue weighted by Crippen LogP contribution is 2.31. The van der Waals surface area contributed by atoms with Crippen LogP contribution in [0.3, 0.4) is 0 Å². The van der Waals surface area contributed by atoms with Crippen molar-refractivity contribution in [2.75, 3.05) is 6.54 Å². The quantitative estimate of drug-likeness (QED) is 0.652.